The Morgan fingerprint density at radius 2 is 2.12 bits per heavy atom. The van der Waals surface area contributed by atoms with E-state index in [1.165, 1.54) is 14.2 Å². The predicted octanol–water partition coefficient (Wildman–Crippen LogP) is 2.46. The lowest BCUT2D eigenvalue weighted by Crippen LogP contribution is -2.23. The Hall–Kier alpha value is -2.70. The average molecular weight is 330 g/mol. The van der Waals surface area contributed by atoms with Gasteiger partial charge in [0.2, 0.25) is 5.82 Å². The summed E-state index contributed by atoms with van der Waals surface area (Å²) in [6.07, 6.45) is 4.06. The maximum absolute atomic E-state index is 14.1. The standard InChI is InChI=1S/C17H19FN4O2/c1-4-14-12-6-13(18)15(24-3)5-10(12)9-22(14)11-7-20-16(21-8-11)17(23)19-2/h5-8,14H,4,9H2,1-3H3,(H,19,23). The summed E-state index contributed by atoms with van der Waals surface area (Å²) in [6.45, 7) is 2.67. The van der Waals surface area contributed by atoms with Crippen LogP contribution in [0.2, 0.25) is 0 Å². The molecule has 1 aromatic heterocycles. The molecule has 2 aromatic rings. The second kappa shape index (κ2) is 6.43. The minimum atomic E-state index is -0.359. The number of carbonyl (C=O) groups is 1. The molecule has 126 valence electrons. The Morgan fingerprint density at radius 3 is 2.71 bits per heavy atom. The summed E-state index contributed by atoms with van der Waals surface area (Å²) in [5.41, 5.74) is 2.77. The molecule has 0 radical (unpaired) electrons. The van der Waals surface area contributed by atoms with Crippen LogP contribution in [0, 0.1) is 5.82 Å². The first kappa shape index (κ1) is 16.2. The highest BCUT2D eigenvalue weighted by Gasteiger charge is 2.31. The molecular weight excluding hydrogens is 311 g/mol. The van der Waals surface area contributed by atoms with E-state index >= 15 is 0 Å². The third kappa shape index (κ3) is 2.66. The normalized spacial score (nSPS) is 16.0. The minimum Gasteiger partial charge on any atom is -0.494 e. The lowest BCUT2D eigenvalue weighted by molar-refractivity contribution is 0.0952. The van der Waals surface area contributed by atoms with E-state index < -0.39 is 0 Å². The topological polar surface area (TPSA) is 67.3 Å². The summed E-state index contributed by atoms with van der Waals surface area (Å²) in [5.74, 6) is -0.316. The molecule has 6 nitrogen and oxygen atoms in total. The highest BCUT2D eigenvalue weighted by Crippen LogP contribution is 2.41. The maximum Gasteiger partial charge on any atom is 0.288 e. The van der Waals surface area contributed by atoms with Crippen molar-refractivity contribution in [2.75, 3.05) is 19.1 Å². The molecule has 2 heterocycles. The zero-order chi connectivity index (χ0) is 17.3. The van der Waals surface area contributed by atoms with E-state index in [-0.39, 0.29) is 29.3 Å². The Morgan fingerprint density at radius 1 is 1.42 bits per heavy atom. The lowest BCUT2D eigenvalue weighted by Gasteiger charge is -2.25. The number of ether oxygens (including phenoxy) is 1. The molecule has 1 atom stereocenters. The molecule has 0 bridgehead atoms. The van der Waals surface area contributed by atoms with Crippen LogP contribution in [0.15, 0.2) is 24.5 Å². The molecule has 0 spiro atoms. The fraction of sp³-hybridized carbons (Fsp3) is 0.353. The number of aromatic nitrogens is 2. The summed E-state index contributed by atoms with van der Waals surface area (Å²) in [7, 11) is 2.99. The number of amides is 1. The van der Waals surface area contributed by atoms with Gasteiger partial charge in [0.1, 0.15) is 0 Å². The molecular formula is C17H19FN4O2. The van der Waals surface area contributed by atoms with E-state index in [1.54, 1.807) is 24.5 Å². The number of anilines is 1. The van der Waals surface area contributed by atoms with Gasteiger partial charge in [-0.2, -0.15) is 0 Å². The van der Waals surface area contributed by atoms with Gasteiger partial charge in [-0.1, -0.05) is 6.92 Å². The van der Waals surface area contributed by atoms with E-state index in [2.05, 4.69) is 27.1 Å². The molecule has 0 aliphatic carbocycles. The number of fused-ring (bicyclic) bond motifs is 1. The summed E-state index contributed by atoms with van der Waals surface area (Å²) >= 11 is 0. The molecule has 3 rings (SSSR count). The van der Waals surface area contributed by atoms with Crippen molar-refractivity contribution in [3.63, 3.8) is 0 Å². The van der Waals surface area contributed by atoms with Crippen LogP contribution >= 0.6 is 0 Å². The fourth-order valence-corrected chi connectivity index (χ4v) is 3.09. The molecule has 24 heavy (non-hydrogen) atoms. The van der Waals surface area contributed by atoms with Gasteiger partial charge in [0.05, 0.1) is 31.2 Å². The van der Waals surface area contributed by atoms with Gasteiger partial charge in [-0.3, -0.25) is 4.79 Å². The van der Waals surface area contributed by atoms with Crippen molar-refractivity contribution in [3.8, 4) is 5.75 Å². The van der Waals surface area contributed by atoms with Gasteiger partial charge in [-0.15, -0.1) is 0 Å². The Labute approximate surface area is 139 Å². The highest BCUT2D eigenvalue weighted by atomic mass is 19.1. The molecule has 1 aromatic carbocycles. The Balaban J connectivity index is 1.93. The first-order valence-electron chi connectivity index (χ1n) is 7.76. The summed E-state index contributed by atoms with van der Waals surface area (Å²) in [4.78, 5) is 21.9. The van der Waals surface area contributed by atoms with Crippen molar-refractivity contribution in [1.82, 2.24) is 15.3 Å². The predicted molar refractivity (Wildman–Crippen MR) is 87.6 cm³/mol. The fourth-order valence-electron chi connectivity index (χ4n) is 3.09. The Bertz CT molecular complexity index is 764. The molecule has 0 fully saturated rings. The van der Waals surface area contributed by atoms with Gasteiger partial charge >= 0.3 is 0 Å². The maximum atomic E-state index is 14.1. The van der Waals surface area contributed by atoms with Crippen LogP contribution in [-0.4, -0.2) is 30.0 Å². The minimum absolute atomic E-state index is 0.0369. The number of benzene rings is 1. The summed E-state index contributed by atoms with van der Waals surface area (Å²) < 4.78 is 19.1. The van der Waals surface area contributed by atoms with Crippen molar-refractivity contribution >= 4 is 11.6 Å². The smallest absolute Gasteiger partial charge is 0.288 e. The number of methoxy groups -OCH3 is 1. The molecule has 1 aliphatic heterocycles. The lowest BCUT2D eigenvalue weighted by atomic mass is 10.0. The van der Waals surface area contributed by atoms with Crippen molar-refractivity contribution < 1.29 is 13.9 Å². The van der Waals surface area contributed by atoms with Gasteiger partial charge < -0.3 is 15.0 Å². The molecule has 0 saturated heterocycles. The van der Waals surface area contributed by atoms with Crippen LogP contribution < -0.4 is 15.0 Å². The van der Waals surface area contributed by atoms with Crippen LogP contribution in [-0.2, 0) is 6.54 Å². The SMILES string of the molecule is CCC1c2cc(F)c(OC)cc2CN1c1cnc(C(=O)NC)nc1. The van der Waals surface area contributed by atoms with E-state index in [4.69, 9.17) is 4.74 Å². The van der Waals surface area contributed by atoms with Crippen LogP contribution in [0.3, 0.4) is 0 Å². The van der Waals surface area contributed by atoms with Crippen molar-refractivity contribution in [2.45, 2.75) is 25.9 Å². The first-order valence-corrected chi connectivity index (χ1v) is 7.76. The number of carbonyl (C=O) groups excluding carboxylic acids is 1. The van der Waals surface area contributed by atoms with E-state index in [9.17, 15) is 9.18 Å². The molecule has 1 aliphatic rings. The molecule has 0 saturated carbocycles. The van der Waals surface area contributed by atoms with Crippen LogP contribution in [0.4, 0.5) is 10.1 Å². The van der Waals surface area contributed by atoms with Gasteiger partial charge in [0.25, 0.3) is 5.91 Å². The van der Waals surface area contributed by atoms with Crippen molar-refractivity contribution in [2.24, 2.45) is 0 Å². The number of hydrogen-bond donors (Lipinski definition) is 1. The van der Waals surface area contributed by atoms with Gasteiger partial charge in [-0.05, 0) is 29.7 Å². The largest absolute Gasteiger partial charge is 0.494 e. The first-order chi connectivity index (χ1) is 11.6. The molecule has 7 heteroatoms. The van der Waals surface area contributed by atoms with Gasteiger partial charge in [0, 0.05) is 13.6 Å². The second-order valence-electron chi connectivity index (χ2n) is 5.58. The zero-order valence-electron chi connectivity index (χ0n) is 13.8. The van der Waals surface area contributed by atoms with Gasteiger partial charge in [0.15, 0.2) is 11.6 Å². The number of nitrogens with one attached hydrogen (secondary N) is 1. The van der Waals surface area contributed by atoms with E-state index in [1.807, 2.05) is 0 Å². The summed E-state index contributed by atoms with van der Waals surface area (Å²) in [5, 5.41) is 2.49. The molecule has 1 N–H and O–H groups in total. The molecule has 1 unspecified atom stereocenters. The van der Waals surface area contributed by atoms with Crippen molar-refractivity contribution in [1.29, 1.82) is 0 Å². The number of halogens is 1. The second-order valence-corrected chi connectivity index (χ2v) is 5.58. The van der Waals surface area contributed by atoms with E-state index in [0.717, 1.165) is 23.2 Å². The number of nitrogens with zero attached hydrogens (tertiary/aromatic N) is 3. The van der Waals surface area contributed by atoms with Crippen LogP contribution in [0.25, 0.3) is 0 Å². The third-order valence-corrected chi connectivity index (χ3v) is 4.28. The quantitative estimate of drug-likeness (QED) is 0.933. The highest BCUT2D eigenvalue weighted by molar-refractivity contribution is 5.90. The van der Waals surface area contributed by atoms with Crippen LogP contribution in [0.1, 0.15) is 41.1 Å². The molecule has 1 amide bonds. The summed E-state index contributed by atoms with van der Waals surface area (Å²) in [6, 6.07) is 3.32. The van der Waals surface area contributed by atoms with Gasteiger partial charge in [-0.25, -0.2) is 14.4 Å². The van der Waals surface area contributed by atoms with Crippen LogP contribution in [0.5, 0.6) is 5.75 Å². The average Bonchev–Trinajstić information content (AvgIpc) is 2.97. The zero-order valence-corrected chi connectivity index (χ0v) is 13.8. The Kier molecular flexibility index (Phi) is 4.33. The van der Waals surface area contributed by atoms with Crippen molar-refractivity contribution in [3.05, 3.63) is 47.3 Å². The number of hydrogen-bond acceptors (Lipinski definition) is 5. The third-order valence-electron chi connectivity index (χ3n) is 4.28. The monoisotopic (exact) mass is 330 g/mol. The van der Waals surface area contributed by atoms with E-state index in [0.29, 0.717) is 6.54 Å². The number of rotatable bonds is 4.